The molecule has 166 valence electrons. The Balaban J connectivity index is 2.37. The topological polar surface area (TPSA) is 112 Å². The van der Waals surface area contributed by atoms with Crippen LogP contribution in [-0.4, -0.2) is 50.1 Å². The van der Waals surface area contributed by atoms with E-state index in [-0.39, 0.29) is 17.7 Å². The first-order chi connectivity index (χ1) is 14.9. The molecule has 9 nitrogen and oxygen atoms in total. The molecular formula is C21H25N3O6S. The normalized spacial score (nSPS) is 15.1. The molecule has 0 aliphatic carbocycles. The first kappa shape index (κ1) is 22.5. The van der Waals surface area contributed by atoms with Gasteiger partial charge in [-0.1, -0.05) is 11.8 Å². The van der Waals surface area contributed by atoms with Gasteiger partial charge in [0.15, 0.2) is 16.7 Å². The molecular weight excluding hydrogens is 422 g/mol. The van der Waals surface area contributed by atoms with Crippen molar-refractivity contribution in [1.29, 1.82) is 0 Å². The molecule has 0 spiro atoms. The number of nitrogens with zero attached hydrogens (tertiary/aromatic N) is 1. The number of rotatable bonds is 7. The smallest absolute Gasteiger partial charge is 0.336 e. The molecule has 0 saturated heterocycles. The van der Waals surface area contributed by atoms with Crippen molar-refractivity contribution in [1.82, 2.24) is 9.97 Å². The number of hydrogen-bond donors (Lipinski definition) is 2. The van der Waals surface area contributed by atoms with Crippen molar-refractivity contribution >= 4 is 23.5 Å². The van der Waals surface area contributed by atoms with Crippen molar-refractivity contribution in [2.75, 3.05) is 39.5 Å². The fourth-order valence-electron chi connectivity index (χ4n) is 3.60. The van der Waals surface area contributed by atoms with Crippen molar-refractivity contribution < 1.29 is 23.7 Å². The first-order valence-corrected chi connectivity index (χ1v) is 10.8. The van der Waals surface area contributed by atoms with Crippen LogP contribution >= 0.6 is 11.8 Å². The van der Waals surface area contributed by atoms with Crippen molar-refractivity contribution in [2.24, 2.45) is 0 Å². The number of fused-ring (bicyclic) bond motifs is 1. The molecule has 0 bridgehead atoms. The maximum Gasteiger partial charge on any atom is 0.336 e. The summed E-state index contributed by atoms with van der Waals surface area (Å²) in [4.78, 5) is 33.3. The Kier molecular flexibility index (Phi) is 6.79. The fraction of sp³-hybridized carbons (Fsp3) is 0.381. The van der Waals surface area contributed by atoms with E-state index in [9.17, 15) is 9.59 Å². The Morgan fingerprint density at radius 2 is 1.77 bits per heavy atom. The number of allylic oxidation sites excluding steroid dienone is 1. The second-order valence-corrected chi connectivity index (χ2v) is 7.40. The monoisotopic (exact) mass is 447 g/mol. The summed E-state index contributed by atoms with van der Waals surface area (Å²) in [5, 5.41) is 3.55. The zero-order chi connectivity index (χ0) is 22.7. The van der Waals surface area contributed by atoms with E-state index in [1.54, 1.807) is 26.0 Å². The molecule has 10 heteroatoms. The van der Waals surface area contributed by atoms with Crippen LogP contribution in [0.5, 0.6) is 17.2 Å². The summed E-state index contributed by atoms with van der Waals surface area (Å²) >= 11 is 1.31. The number of methoxy groups -OCH3 is 3. The minimum atomic E-state index is -0.794. The lowest BCUT2D eigenvalue weighted by molar-refractivity contribution is -0.138. The fourth-order valence-corrected chi connectivity index (χ4v) is 3.97. The number of anilines is 1. The molecule has 1 aliphatic heterocycles. The highest BCUT2D eigenvalue weighted by Gasteiger charge is 2.38. The highest BCUT2D eigenvalue weighted by Crippen LogP contribution is 2.46. The number of thioether (sulfide) groups is 1. The number of aromatic amines is 1. The SMILES string of the molecule is CCOC(=O)C1=C(C)Nc2nc(SC)[nH]c(=O)c2[C@H]1c1cc(OC)c(OC)cc1OC. The van der Waals surface area contributed by atoms with E-state index in [4.69, 9.17) is 18.9 Å². The first-order valence-electron chi connectivity index (χ1n) is 9.53. The lowest BCUT2D eigenvalue weighted by Crippen LogP contribution is -2.31. The summed E-state index contributed by atoms with van der Waals surface area (Å²) in [6.07, 6.45) is 1.81. The summed E-state index contributed by atoms with van der Waals surface area (Å²) in [6.45, 7) is 3.67. The van der Waals surface area contributed by atoms with Gasteiger partial charge >= 0.3 is 5.97 Å². The van der Waals surface area contributed by atoms with E-state index >= 15 is 0 Å². The third-order valence-electron chi connectivity index (χ3n) is 4.96. The van der Waals surface area contributed by atoms with E-state index < -0.39 is 11.9 Å². The van der Waals surface area contributed by atoms with Crippen LogP contribution in [0, 0.1) is 0 Å². The highest BCUT2D eigenvalue weighted by molar-refractivity contribution is 7.98. The second kappa shape index (κ2) is 9.34. The molecule has 31 heavy (non-hydrogen) atoms. The Hall–Kier alpha value is -3.14. The second-order valence-electron chi connectivity index (χ2n) is 6.60. The number of ether oxygens (including phenoxy) is 4. The number of aromatic nitrogens is 2. The Morgan fingerprint density at radius 3 is 2.35 bits per heavy atom. The van der Waals surface area contributed by atoms with Crippen LogP contribution in [0.3, 0.4) is 0 Å². The number of esters is 1. The van der Waals surface area contributed by atoms with E-state index in [2.05, 4.69) is 15.3 Å². The average molecular weight is 448 g/mol. The summed E-state index contributed by atoms with van der Waals surface area (Å²) in [7, 11) is 4.53. The molecule has 2 aromatic rings. The Morgan fingerprint density at radius 1 is 1.13 bits per heavy atom. The predicted octanol–water partition coefficient (Wildman–Crippen LogP) is 2.91. The number of H-pyrrole nitrogens is 1. The molecule has 1 aromatic heterocycles. The lowest BCUT2D eigenvalue weighted by atomic mass is 9.81. The molecule has 1 aromatic carbocycles. The molecule has 0 unspecified atom stereocenters. The standard InChI is InChI=1S/C21H25N3O6S/c1-7-30-20(26)15-10(2)22-18-17(19(25)24-21(23-18)31-6)16(15)11-8-13(28-4)14(29-5)9-12(11)27-3/h8-9,16H,7H2,1-6H3,(H2,22,23,24,25)/t16-/m0/s1. The quantitative estimate of drug-likeness (QED) is 0.376. The van der Waals surface area contributed by atoms with Crippen LogP contribution in [0.2, 0.25) is 0 Å². The van der Waals surface area contributed by atoms with Gasteiger partial charge in [-0.15, -0.1) is 0 Å². The van der Waals surface area contributed by atoms with Crippen LogP contribution < -0.4 is 25.1 Å². The van der Waals surface area contributed by atoms with Gasteiger partial charge in [0, 0.05) is 17.3 Å². The van der Waals surface area contributed by atoms with E-state index in [0.29, 0.717) is 45.1 Å². The number of benzene rings is 1. The predicted molar refractivity (Wildman–Crippen MR) is 118 cm³/mol. The van der Waals surface area contributed by atoms with Gasteiger partial charge in [0.05, 0.1) is 45.0 Å². The van der Waals surface area contributed by atoms with Gasteiger partial charge in [-0.25, -0.2) is 9.78 Å². The average Bonchev–Trinajstić information content (AvgIpc) is 2.76. The van der Waals surface area contributed by atoms with Crippen LogP contribution in [0.4, 0.5) is 5.82 Å². The van der Waals surface area contributed by atoms with Crippen molar-refractivity contribution in [3.63, 3.8) is 0 Å². The van der Waals surface area contributed by atoms with Gasteiger partial charge in [0.1, 0.15) is 11.6 Å². The van der Waals surface area contributed by atoms with E-state index in [1.807, 2.05) is 6.26 Å². The number of hydrogen-bond acceptors (Lipinski definition) is 9. The van der Waals surface area contributed by atoms with Crippen molar-refractivity contribution in [2.45, 2.75) is 24.9 Å². The van der Waals surface area contributed by atoms with Crippen molar-refractivity contribution in [3.05, 3.63) is 44.9 Å². The zero-order valence-corrected chi connectivity index (χ0v) is 19.1. The summed E-state index contributed by atoms with van der Waals surface area (Å²) in [5.41, 5.74) is 1.31. The minimum Gasteiger partial charge on any atom is -0.496 e. The third kappa shape index (κ3) is 4.07. The summed E-state index contributed by atoms with van der Waals surface area (Å²) < 4.78 is 21.7. The van der Waals surface area contributed by atoms with Gasteiger partial charge in [-0.3, -0.25) is 4.79 Å². The maximum atomic E-state index is 13.1. The molecule has 0 fully saturated rings. The minimum absolute atomic E-state index is 0.193. The van der Waals surface area contributed by atoms with Gasteiger partial charge in [-0.05, 0) is 26.2 Å². The van der Waals surface area contributed by atoms with Gasteiger partial charge in [0.25, 0.3) is 5.56 Å². The van der Waals surface area contributed by atoms with Crippen molar-refractivity contribution in [3.8, 4) is 17.2 Å². The molecule has 3 rings (SSSR count). The largest absolute Gasteiger partial charge is 0.496 e. The molecule has 0 radical (unpaired) electrons. The zero-order valence-electron chi connectivity index (χ0n) is 18.2. The number of nitrogens with one attached hydrogen (secondary N) is 2. The summed E-state index contributed by atoms with van der Waals surface area (Å²) in [6, 6.07) is 3.36. The molecule has 0 amide bonds. The molecule has 0 saturated carbocycles. The molecule has 2 N–H and O–H groups in total. The highest BCUT2D eigenvalue weighted by atomic mass is 32.2. The van der Waals surface area contributed by atoms with Gasteiger partial charge < -0.3 is 29.2 Å². The Labute approximate surface area is 184 Å². The third-order valence-corrected chi connectivity index (χ3v) is 5.54. The van der Waals surface area contributed by atoms with Crippen LogP contribution in [0.25, 0.3) is 0 Å². The van der Waals surface area contributed by atoms with E-state index in [0.717, 1.165) is 0 Å². The molecule has 1 aliphatic rings. The van der Waals surface area contributed by atoms with E-state index in [1.165, 1.54) is 33.1 Å². The van der Waals surface area contributed by atoms with Gasteiger partial charge in [-0.2, -0.15) is 0 Å². The maximum absolute atomic E-state index is 13.1. The van der Waals surface area contributed by atoms with Crippen LogP contribution in [0.15, 0.2) is 33.4 Å². The van der Waals surface area contributed by atoms with Gasteiger partial charge in [0.2, 0.25) is 0 Å². The summed E-state index contributed by atoms with van der Waals surface area (Å²) in [5.74, 6) is 0.370. The lowest BCUT2D eigenvalue weighted by Gasteiger charge is -2.30. The Bertz CT molecular complexity index is 1100. The number of carbonyl (C=O) groups is 1. The van der Waals surface area contributed by atoms with Crippen LogP contribution in [-0.2, 0) is 9.53 Å². The number of carbonyl (C=O) groups excluding carboxylic acids is 1. The molecule has 2 heterocycles. The molecule has 1 atom stereocenters. The van der Waals surface area contributed by atoms with Crippen LogP contribution in [0.1, 0.15) is 30.9 Å².